The van der Waals surface area contributed by atoms with Crippen molar-refractivity contribution in [2.75, 3.05) is 13.1 Å². The molecule has 0 atom stereocenters. The molecule has 0 unspecified atom stereocenters. The second-order valence-electron chi connectivity index (χ2n) is 6.08. The van der Waals surface area contributed by atoms with E-state index in [2.05, 4.69) is 10.1 Å². The third-order valence-electron chi connectivity index (χ3n) is 4.37. The summed E-state index contributed by atoms with van der Waals surface area (Å²) in [6, 6.07) is 5.78. The van der Waals surface area contributed by atoms with Crippen molar-refractivity contribution < 1.29 is 18.5 Å². The number of carbonyl (C=O) groups excluding carboxylic acids is 2. The molecule has 0 spiro atoms. The predicted octanol–water partition coefficient (Wildman–Crippen LogP) is 1.53. The average Bonchev–Trinajstić information content (AvgIpc) is 3.09. The predicted molar refractivity (Wildman–Crippen MR) is 86.5 cm³/mol. The monoisotopic (exact) mass is 346 g/mol. The van der Waals surface area contributed by atoms with Gasteiger partial charge in [0.1, 0.15) is 5.82 Å². The number of likely N-dealkylation sites (tertiary alicyclic amines) is 1. The van der Waals surface area contributed by atoms with E-state index in [9.17, 15) is 14.0 Å². The van der Waals surface area contributed by atoms with Gasteiger partial charge >= 0.3 is 0 Å². The van der Waals surface area contributed by atoms with E-state index in [0.29, 0.717) is 49.6 Å². The molecule has 3 rings (SSSR count). The largest absolute Gasteiger partial charge is 0.369 e. The number of halogens is 1. The first-order chi connectivity index (χ1) is 12.0. The molecule has 2 heterocycles. The van der Waals surface area contributed by atoms with Gasteiger partial charge in [-0.2, -0.15) is 4.98 Å². The lowest BCUT2D eigenvalue weighted by Crippen LogP contribution is -2.41. The van der Waals surface area contributed by atoms with E-state index in [-0.39, 0.29) is 30.0 Å². The molecule has 132 valence electrons. The maximum absolute atomic E-state index is 12.9. The first-order valence-electron chi connectivity index (χ1n) is 8.18. The molecule has 1 aromatic heterocycles. The number of hydrogen-bond donors (Lipinski definition) is 1. The Bertz CT molecular complexity index is 752. The van der Waals surface area contributed by atoms with Gasteiger partial charge in [0.05, 0.1) is 0 Å². The van der Waals surface area contributed by atoms with Crippen LogP contribution >= 0.6 is 0 Å². The summed E-state index contributed by atoms with van der Waals surface area (Å²) >= 11 is 0. The smallest absolute Gasteiger partial charge is 0.227 e. The average molecular weight is 346 g/mol. The summed E-state index contributed by atoms with van der Waals surface area (Å²) in [5.41, 5.74) is 5.94. The fourth-order valence-corrected chi connectivity index (χ4v) is 2.86. The normalized spacial score (nSPS) is 15.3. The van der Waals surface area contributed by atoms with Crippen molar-refractivity contribution in [3.05, 3.63) is 36.0 Å². The van der Waals surface area contributed by atoms with Gasteiger partial charge in [0.25, 0.3) is 0 Å². The molecule has 1 aliphatic heterocycles. The van der Waals surface area contributed by atoms with E-state index < -0.39 is 0 Å². The van der Waals surface area contributed by atoms with Crippen molar-refractivity contribution >= 4 is 11.8 Å². The minimum atomic E-state index is -0.335. The zero-order valence-corrected chi connectivity index (χ0v) is 13.7. The molecule has 1 fully saturated rings. The highest BCUT2D eigenvalue weighted by molar-refractivity contribution is 5.78. The third-order valence-corrected chi connectivity index (χ3v) is 4.37. The third kappa shape index (κ3) is 4.20. The van der Waals surface area contributed by atoms with Gasteiger partial charge in [0, 0.05) is 37.4 Å². The van der Waals surface area contributed by atoms with Crippen LogP contribution in [0.2, 0.25) is 0 Å². The molecule has 1 aliphatic rings. The quantitative estimate of drug-likeness (QED) is 0.884. The van der Waals surface area contributed by atoms with E-state index in [1.165, 1.54) is 12.1 Å². The van der Waals surface area contributed by atoms with Gasteiger partial charge in [-0.3, -0.25) is 9.59 Å². The highest BCUT2D eigenvalue weighted by Crippen LogP contribution is 2.19. The van der Waals surface area contributed by atoms with Gasteiger partial charge in [-0.1, -0.05) is 5.16 Å². The van der Waals surface area contributed by atoms with Crippen LogP contribution < -0.4 is 5.73 Å². The number of primary amides is 1. The van der Waals surface area contributed by atoms with E-state index in [1.54, 1.807) is 17.0 Å². The standard InChI is InChI=1S/C17H19FN4O3/c18-13-3-1-12(2-4-13)17-20-14(25-21-17)5-6-15(23)22-9-7-11(8-10-22)16(19)24/h1-4,11H,5-10H2,(H2,19,24). The number of carbonyl (C=O) groups is 2. The number of hydrogen-bond acceptors (Lipinski definition) is 5. The van der Waals surface area contributed by atoms with Gasteiger partial charge in [-0.05, 0) is 37.1 Å². The minimum absolute atomic E-state index is 0.00977. The Labute approximate surface area is 144 Å². The van der Waals surface area contributed by atoms with Crippen LogP contribution in [0.25, 0.3) is 11.4 Å². The fourth-order valence-electron chi connectivity index (χ4n) is 2.86. The van der Waals surface area contributed by atoms with Crippen LogP contribution in [0.5, 0.6) is 0 Å². The summed E-state index contributed by atoms with van der Waals surface area (Å²) < 4.78 is 18.1. The van der Waals surface area contributed by atoms with Gasteiger partial charge in [0.2, 0.25) is 23.5 Å². The highest BCUT2D eigenvalue weighted by Gasteiger charge is 2.25. The Kier molecular flexibility index (Phi) is 5.06. The number of rotatable bonds is 5. The van der Waals surface area contributed by atoms with Crippen molar-refractivity contribution in [1.29, 1.82) is 0 Å². The molecule has 0 radical (unpaired) electrons. The van der Waals surface area contributed by atoms with Gasteiger partial charge in [0.15, 0.2) is 0 Å². The molecule has 2 aromatic rings. The van der Waals surface area contributed by atoms with Crippen LogP contribution in [0, 0.1) is 11.7 Å². The van der Waals surface area contributed by atoms with Gasteiger partial charge in [-0.25, -0.2) is 4.39 Å². The number of aromatic nitrogens is 2. The second-order valence-corrected chi connectivity index (χ2v) is 6.08. The van der Waals surface area contributed by atoms with Gasteiger partial charge in [-0.15, -0.1) is 0 Å². The number of nitrogens with two attached hydrogens (primary N) is 1. The Morgan fingerprint density at radius 3 is 2.56 bits per heavy atom. The number of amides is 2. The van der Waals surface area contributed by atoms with E-state index in [1.807, 2.05) is 0 Å². The zero-order valence-electron chi connectivity index (χ0n) is 13.7. The summed E-state index contributed by atoms with van der Waals surface area (Å²) in [5, 5.41) is 3.85. The molecule has 2 N–H and O–H groups in total. The van der Waals surface area contributed by atoms with Crippen molar-refractivity contribution in [2.45, 2.75) is 25.7 Å². The van der Waals surface area contributed by atoms with E-state index >= 15 is 0 Å². The van der Waals surface area contributed by atoms with Gasteiger partial charge < -0.3 is 15.2 Å². The van der Waals surface area contributed by atoms with Crippen molar-refractivity contribution in [1.82, 2.24) is 15.0 Å². The van der Waals surface area contributed by atoms with Crippen LogP contribution in [0.4, 0.5) is 4.39 Å². The summed E-state index contributed by atoms with van der Waals surface area (Å²) in [7, 11) is 0. The number of piperidine rings is 1. The number of nitrogens with zero attached hydrogens (tertiary/aromatic N) is 3. The lowest BCUT2D eigenvalue weighted by molar-refractivity contribution is -0.134. The lowest BCUT2D eigenvalue weighted by Gasteiger charge is -2.30. The van der Waals surface area contributed by atoms with E-state index in [4.69, 9.17) is 10.3 Å². The molecule has 0 bridgehead atoms. The SMILES string of the molecule is NC(=O)C1CCN(C(=O)CCc2nc(-c3ccc(F)cc3)no2)CC1. The molecular formula is C17H19FN4O3. The topological polar surface area (TPSA) is 102 Å². The maximum atomic E-state index is 12.9. The molecule has 0 aliphatic carbocycles. The molecule has 0 saturated carbocycles. The molecule has 1 saturated heterocycles. The van der Waals surface area contributed by atoms with Crippen LogP contribution in [-0.4, -0.2) is 39.9 Å². The van der Waals surface area contributed by atoms with Crippen LogP contribution in [0.1, 0.15) is 25.2 Å². The Morgan fingerprint density at radius 2 is 1.92 bits per heavy atom. The molecular weight excluding hydrogens is 327 g/mol. The molecule has 2 amide bonds. The zero-order chi connectivity index (χ0) is 17.8. The first-order valence-corrected chi connectivity index (χ1v) is 8.18. The summed E-state index contributed by atoms with van der Waals surface area (Å²) in [5.74, 6) is -0.0587. The van der Waals surface area contributed by atoms with Crippen molar-refractivity contribution in [3.8, 4) is 11.4 Å². The van der Waals surface area contributed by atoms with Crippen LogP contribution in [-0.2, 0) is 16.0 Å². The van der Waals surface area contributed by atoms with Crippen LogP contribution in [0.15, 0.2) is 28.8 Å². The van der Waals surface area contributed by atoms with Crippen LogP contribution in [0.3, 0.4) is 0 Å². The number of aryl methyl sites for hydroxylation is 1. The second kappa shape index (κ2) is 7.42. The van der Waals surface area contributed by atoms with Crippen molar-refractivity contribution in [3.63, 3.8) is 0 Å². The highest BCUT2D eigenvalue weighted by atomic mass is 19.1. The number of benzene rings is 1. The summed E-state index contributed by atoms with van der Waals surface area (Å²) in [6.07, 6.45) is 1.81. The first kappa shape index (κ1) is 17.1. The summed E-state index contributed by atoms with van der Waals surface area (Å²) in [6.45, 7) is 1.08. The van der Waals surface area contributed by atoms with Crippen molar-refractivity contribution in [2.24, 2.45) is 11.7 Å². The minimum Gasteiger partial charge on any atom is -0.369 e. The molecule has 8 heteroatoms. The van der Waals surface area contributed by atoms with E-state index in [0.717, 1.165) is 0 Å². The summed E-state index contributed by atoms with van der Waals surface area (Å²) in [4.78, 5) is 29.4. The Balaban J connectivity index is 1.51. The Morgan fingerprint density at radius 1 is 1.24 bits per heavy atom. The molecule has 7 nitrogen and oxygen atoms in total. The molecule has 1 aromatic carbocycles. The molecule has 25 heavy (non-hydrogen) atoms. The lowest BCUT2D eigenvalue weighted by atomic mass is 9.96. The Hall–Kier alpha value is -2.77. The maximum Gasteiger partial charge on any atom is 0.227 e. The fraction of sp³-hybridized carbons (Fsp3) is 0.412.